The van der Waals surface area contributed by atoms with E-state index in [9.17, 15) is 0 Å². The van der Waals surface area contributed by atoms with Gasteiger partial charge in [-0.25, -0.2) is 0 Å². The molecule has 2 atom stereocenters. The largest absolute Gasteiger partial charge is 0.321 e. The standard InChI is InChI=1S/C19H16BrN/c20-17-9-6-14(7-10-17)18-12-19(18,21)16-8-5-13-3-1-2-4-15(13)11-16/h1-11,18H,12,21H2. The lowest BCUT2D eigenvalue weighted by atomic mass is 9.97. The quantitative estimate of drug-likeness (QED) is 0.703. The number of nitrogens with two attached hydrogens (primary N) is 1. The molecule has 0 aromatic heterocycles. The van der Waals surface area contributed by atoms with E-state index >= 15 is 0 Å². The molecule has 1 nitrogen and oxygen atoms in total. The number of fused-ring (bicyclic) bond motifs is 1. The van der Waals surface area contributed by atoms with Crippen LogP contribution in [0.1, 0.15) is 23.5 Å². The zero-order valence-electron chi connectivity index (χ0n) is 11.6. The highest BCUT2D eigenvalue weighted by atomic mass is 79.9. The zero-order chi connectivity index (χ0) is 14.4. The van der Waals surface area contributed by atoms with Crippen LogP contribution in [0.4, 0.5) is 0 Å². The first-order valence-electron chi connectivity index (χ1n) is 7.20. The summed E-state index contributed by atoms with van der Waals surface area (Å²) in [6.07, 6.45) is 1.02. The Kier molecular flexibility index (Phi) is 2.91. The van der Waals surface area contributed by atoms with Crippen molar-refractivity contribution in [3.63, 3.8) is 0 Å². The molecule has 1 aliphatic rings. The molecule has 1 aliphatic carbocycles. The van der Waals surface area contributed by atoms with Crippen LogP contribution in [-0.2, 0) is 5.54 Å². The Bertz CT molecular complexity index is 809. The summed E-state index contributed by atoms with van der Waals surface area (Å²) in [4.78, 5) is 0. The first-order chi connectivity index (χ1) is 10.2. The van der Waals surface area contributed by atoms with E-state index in [1.807, 2.05) is 0 Å². The Morgan fingerprint density at radius 2 is 1.62 bits per heavy atom. The molecule has 1 fully saturated rings. The van der Waals surface area contributed by atoms with Gasteiger partial charge in [-0.3, -0.25) is 0 Å². The summed E-state index contributed by atoms with van der Waals surface area (Å²) < 4.78 is 1.11. The van der Waals surface area contributed by atoms with Crippen molar-refractivity contribution in [3.05, 3.63) is 82.3 Å². The smallest absolute Gasteiger partial charge is 0.0486 e. The van der Waals surface area contributed by atoms with E-state index in [4.69, 9.17) is 5.73 Å². The first kappa shape index (κ1) is 13.1. The van der Waals surface area contributed by atoms with Gasteiger partial charge >= 0.3 is 0 Å². The third-order valence-electron chi connectivity index (χ3n) is 4.56. The van der Waals surface area contributed by atoms with Crippen LogP contribution in [0.15, 0.2) is 71.2 Å². The van der Waals surface area contributed by atoms with Crippen molar-refractivity contribution in [2.75, 3.05) is 0 Å². The molecule has 4 rings (SSSR count). The normalized spacial score (nSPS) is 24.2. The molecule has 21 heavy (non-hydrogen) atoms. The third-order valence-corrected chi connectivity index (χ3v) is 5.09. The van der Waals surface area contributed by atoms with Gasteiger partial charge in [0.05, 0.1) is 0 Å². The maximum absolute atomic E-state index is 6.66. The van der Waals surface area contributed by atoms with Crippen LogP contribution < -0.4 is 5.73 Å². The predicted molar refractivity (Wildman–Crippen MR) is 91.3 cm³/mol. The molecule has 1 saturated carbocycles. The fourth-order valence-corrected chi connectivity index (χ4v) is 3.45. The van der Waals surface area contributed by atoms with E-state index in [1.165, 1.54) is 21.9 Å². The van der Waals surface area contributed by atoms with E-state index in [1.54, 1.807) is 0 Å². The summed E-state index contributed by atoms with van der Waals surface area (Å²) in [6, 6.07) is 23.6. The Labute approximate surface area is 132 Å². The minimum Gasteiger partial charge on any atom is -0.321 e. The van der Waals surface area contributed by atoms with Crippen LogP contribution in [0.25, 0.3) is 10.8 Å². The minimum absolute atomic E-state index is 0.210. The van der Waals surface area contributed by atoms with Crippen LogP contribution in [0.3, 0.4) is 0 Å². The monoisotopic (exact) mass is 337 g/mol. The van der Waals surface area contributed by atoms with E-state index in [0.717, 1.165) is 10.9 Å². The Morgan fingerprint density at radius 1 is 0.905 bits per heavy atom. The van der Waals surface area contributed by atoms with Crippen molar-refractivity contribution in [2.45, 2.75) is 17.9 Å². The molecule has 0 amide bonds. The second-order valence-electron chi connectivity index (χ2n) is 5.91. The van der Waals surface area contributed by atoms with Gasteiger partial charge in [-0.15, -0.1) is 0 Å². The fourth-order valence-electron chi connectivity index (χ4n) is 3.19. The lowest BCUT2D eigenvalue weighted by molar-refractivity contribution is 0.707. The van der Waals surface area contributed by atoms with Crippen molar-refractivity contribution >= 4 is 26.7 Å². The molecule has 0 spiro atoms. The summed E-state index contributed by atoms with van der Waals surface area (Å²) in [5, 5.41) is 2.53. The number of rotatable bonds is 2. The molecule has 0 heterocycles. The highest BCUT2D eigenvalue weighted by Gasteiger charge is 2.52. The van der Waals surface area contributed by atoms with Crippen molar-refractivity contribution in [1.82, 2.24) is 0 Å². The van der Waals surface area contributed by atoms with Gasteiger partial charge in [0.2, 0.25) is 0 Å². The Balaban J connectivity index is 1.70. The van der Waals surface area contributed by atoms with Gasteiger partial charge in [0.25, 0.3) is 0 Å². The van der Waals surface area contributed by atoms with E-state index in [0.29, 0.717) is 5.92 Å². The summed E-state index contributed by atoms with van der Waals surface area (Å²) in [7, 11) is 0. The van der Waals surface area contributed by atoms with Crippen LogP contribution in [0.5, 0.6) is 0 Å². The predicted octanol–water partition coefficient (Wildman–Crippen LogP) is 4.94. The maximum Gasteiger partial charge on any atom is 0.0486 e. The van der Waals surface area contributed by atoms with Crippen LogP contribution >= 0.6 is 15.9 Å². The van der Waals surface area contributed by atoms with Crippen LogP contribution in [0, 0.1) is 0 Å². The van der Waals surface area contributed by atoms with Crippen molar-refractivity contribution in [3.8, 4) is 0 Å². The molecule has 0 aliphatic heterocycles. The summed E-state index contributed by atoms with van der Waals surface area (Å²) in [5.74, 6) is 0.423. The van der Waals surface area contributed by atoms with E-state index < -0.39 is 0 Å². The van der Waals surface area contributed by atoms with E-state index in [2.05, 4.69) is 82.7 Å². The third kappa shape index (κ3) is 2.19. The number of hydrogen-bond acceptors (Lipinski definition) is 1. The number of benzene rings is 3. The lowest BCUT2D eigenvalue weighted by Crippen LogP contribution is -2.21. The molecule has 0 bridgehead atoms. The van der Waals surface area contributed by atoms with Crippen molar-refractivity contribution < 1.29 is 0 Å². The molecule has 0 saturated heterocycles. The second kappa shape index (κ2) is 4.69. The second-order valence-corrected chi connectivity index (χ2v) is 6.83. The van der Waals surface area contributed by atoms with Gasteiger partial charge in [-0.05, 0) is 46.5 Å². The molecule has 2 unspecified atom stereocenters. The molecule has 104 valence electrons. The average Bonchev–Trinajstić information content (AvgIpc) is 3.21. The van der Waals surface area contributed by atoms with Crippen LogP contribution in [0.2, 0.25) is 0 Å². The van der Waals surface area contributed by atoms with Gasteiger partial charge in [0, 0.05) is 15.9 Å². The molecular formula is C19H16BrN. The molecule has 3 aromatic carbocycles. The van der Waals surface area contributed by atoms with E-state index in [-0.39, 0.29) is 5.54 Å². The minimum atomic E-state index is -0.210. The van der Waals surface area contributed by atoms with Gasteiger partial charge in [0.1, 0.15) is 0 Å². The maximum atomic E-state index is 6.66. The van der Waals surface area contributed by atoms with Gasteiger partial charge in [-0.1, -0.05) is 64.5 Å². The SMILES string of the molecule is NC1(c2ccc3ccccc3c2)CC1c1ccc(Br)cc1. The highest BCUT2D eigenvalue weighted by molar-refractivity contribution is 9.10. The average molecular weight is 338 g/mol. The number of halogens is 1. The fraction of sp³-hybridized carbons (Fsp3) is 0.158. The molecule has 0 radical (unpaired) electrons. The van der Waals surface area contributed by atoms with Crippen LogP contribution in [-0.4, -0.2) is 0 Å². The van der Waals surface area contributed by atoms with Crippen molar-refractivity contribution in [2.24, 2.45) is 5.73 Å². The zero-order valence-corrected chi connectivity index (χ0v) is 13.2. The highest BCUT2D eigenvalue weighted by Crippen LogP contribution is 2.56. The lowest BCUT2D eigenvalue weighted by Gasteiger charge is -2.13. The molecule has 2 N–H and O–H groups in total. The molecular weight excluding hydrogens is 322 g/mol. The molecule has 3 aromatic rings. The van der Waals surface area contributed by atoms with Gasteiger partial charge < -0.3 is 5.73 Å². The topological polar surface area (TPSA) is 26.0 Å². The first-order valence-corrected chi connectivity index (χ1v) is 8.00. The summed E-state index contributed by atoms with van der Waals surface area (Å²) >= 11 is 3.48. The van der Waals surface area contributed by atoms with Gasteiger partial charge in [-0.2, -0.15) is 0 Å². The summed E-state index contributed by atoms with van der Waals surface area (Å²) in [5.41, 5.74) is 9.02. The Hall–Kier alpha value is -1.64. The van der Waals surface area contributed by atoms with Gasteiger partial charge in [0.15, 0.2) is 0 Å². The summed E-state index contributed by atoms with van der Waals surface area (Å²) in [6.45, 7) is 0. The van der Waals surface area contributed by atoms with Crippen molar-refractivity contribution in [1.29, 1.82) is 0 Å². The Morgan fingerprint density at radius 3 is 2.38 bits per heavy atom. The molecule has 2 heteroatoms. The number of hydrogen-bond donors (Lipinski definition) is 1.